The molecule has 5 nitrogen and oxygen atoms in total. The highest BCUT2D eigenvalue weighted by Crippen LogP contribution is 2.40. The van der Waals surface area contributed by atoms with Gasteiger partial charge in [-0.25, -0.2) is 4.79 Å². The van der Waals surface area contributed by atoms with Crippen molar-refractivity contribution in [2.24, 2.45) is 5.92 Å². The van der Waals surface area contributed by atoms with Crippen LogP contribution in [0.25, 0.3) is 11.1 Å². The van der Waals surface area contributed by atoms with E-state index >= 15 is 0 Å². The third-order valence-electron chi connectivity index (χ3n) is 10.0. The molecule has 3 aromatic carbocycles. The van der Waals surface area contributed by atoms with Gasteiger partial charge in [-0.2, -0.15) is 0 Å². The molecule has 3 atom stereocenters. The average Bonchev–Trinajstić information content (AvgIpc) is 3.42. The quantitative estimate of drug-likeness (QED) is 0.0679. The number of carbonyl (C=O) groups excluding carboxylic acids is 1. The first-order valence-electron chi connectivity index (χ1n) is 17.4. The highest BCUT2D eigenvalue weighted by molar-refractivity contribution is 6.74. The molecule has 1 aliphatic rings. The van der Waals surface area contributed by atoms with E-state index in [2.05, 4.69) is 82.4 Å². The van der Waals surface area contributed by atoms with Crippen molar-refractivity contribution in [3.63, 3.8) is 0 Å². The molecule has 0 saturated carbocycles. The third kappa shape index (κ3) is 11.0. The highest BCUT2D eigenvalue weighted by Gasteiger charge is 2.39. The summed E-state index contributed by atoms with van der Waals surface area (Å²) in [5.41, 5.74) is 5.40. The maximum absolute atomic E-state index is 13.4. The van der Waals surface area contributed by atoms with Gasteiger partial charge in [0, 0.05) is 24.9 Å². The fourth-order valence-corrected chi connectivity index (χ4v) is 7.63. The number of hydrogen-bond acceptors (Lipinski definition) is 4. The topological polar surface area (TPSA) is 72.8 Å². The molecular formula is C41H54O5Si. The minimum Gasteiger partial charge on any atom is -0.481 e. The van der Waals surface area contributed by atoms with Gasteiger partial charge < -0.3 is 14.3 Å². The molecule has 0 heterocycles. The first-order valence-corrected chi connectivity index (χ1v) is 20.3. The molecule has 47 heavy (non-hydrogen) atoms. The number of benzene rings is 3. The minimum absolute atomic E-state index is 0.112. The van der Waals surface area contributed by atoms with Gasteiger partial charge in [0.1, 0.15) is 6.10 Å². The van der Waals surface area contributed by atoms with E-state index in [0.29, 0.717) is 12.0 Å². The molecule has 3 aromatic rings. The van der Waals surface area contributed by atoms with Crippen LogP contribution in [0.1, 0.15) is 94.5 Å². The predicted octanol–water partition coefficient (Wildman–Crippen LogP) is 10.7. The summed E-state index contributed by atoms with van der Waals surface area (Å²) in [5, 5.41) is 9.13. The van der Waals surface area contributed by atoms with E-state index < -0.39 is 14.3 Å². The Labute approximate surface area is 283 Å². The number of carbonyl (C=O) groups is 2. The SMILES string of the molecule is CC(C)(C)[Si](C)(C)OC(CCC1=CC[C@H](OC(=O)c2ccc(-c3ccccc3)cc2)[C@@H]1CCCCCCC(=O)O)Cc1ccccc1. The van der Waals surface area contributed by atoms with E-state index in [0.717, 1.165) is 62.5 Å². The van der Waals surface area contributed by atoms with Crippen molar-refractivity contribution in [3.8, 4) is 11.1 Å². The lowest BCUT2D eigenvalue weighted by atomic mass is 9.89. The fourth-order valence-electron chi connectivity index (χ4n) is 6.24. The highest BCUT2D eigenvalue weighted by atomic mass is 28.4. The molecule has 4 rings (SSSR count). The van der Waals surface area contributed by atoms with Gasteiger partial charge in [0.05, 0.1) is 5.56 Å². The summed E-state index contributed by atoms with van der Waals surface area (Å²) in [6, 6.07) is 28.4. The smallest absolute Gasteiger partial charge is 0.338 e. The molecule has 0 radical (unpaired) electrons. The average molecular weight is 655 g/mol. The van der Waals surface area contributed by atoms with Crippen molar-refractivity contribution in [2.45, 2.75) is 115 Å². The van der Waals surface area contributed by atoms with Crippen LogP contribution >= 0.6 is 0 Å². The maximum atomic E-state index is 13.4. The summed E-state index contributed by atoms with van der Waals surface area (Å²) >= 11 is 0. The summed E-state index contributed by atoms with van der Waals surface area (Å²) in [6.45, 7) is 11.5. The number of hydrogen-bond donors (Lipinski definition) is 1. The molecule has 6 heteroatoms. The number of carboxylic acid groups (broad SMARTS) is 1. The molecule has 0 aromatic heterocycles. The molecule has 0 amide bonds. The molecule has 1 unspecified atom stereocenters. The summed E-state index contributed by atoms with van der Waals surface area (Å²) in [4.78, 5) is 24.3. The molecule has 0 aliphatic heterocycles. The van der Waals surface area contributed by atoms with E-state index in [9.17, 15) is 9.59 Å². The molecular weight excluding hydrogens is 601 g/mol. The number of rotatable bonds is 17. The van der Waals surface area contributed by atoms with E-state index in [-0.39, 0.29) is 35.6 Å². The first-order chi connectivity index (χ1) is 22.4. The maximum Gasteiger partial charge on any atom is 0.338 e. The largest absolute Gasteiger partial charge is 0.481 e. The van der Waals surface area contributed by atoms with Crippen LogP contribution in [0.2, 0.25) is 18.1 Å². The van der Waals surface area contributed by atoms with Gasteiger partial charge >= 0.3 is 11.9 Å². The Morgan fingerprint density at radius 2 is 1.47 bits per heavy atom. The van der Waals surface area contributed by atoms with Crippen LogP contribution in [-0.4, -0.2) is 37.6 Å². The van der Waals surface area contributed by atoms with Gasteiger partial charge in [-0.1, -0.05) is 124 Å². The van der Waals surface area contributed by atoms with Crippen LogP contribution in [0.5, 0.6) is 0 Å². The second-order valence-electron chi connectivity index (χ2n) is 14.6. The van der Waals surface area contributed by atoms with E-state index in [1.165, 1.54) is 11.1 Å². The summed E-state index contributed by atoms with van der Waals surface area (Å²) in [7, 11) is -1.99. The molecule has 0 bridgehead atoms. The van der Waals surface area contributed by atoms with Gasteiger partial charge in [0.15, 0.2) is 8.32 Å². The van der Waals surface area contributed by atoms with Crippen molar-refractivity contribution in [3.05, 3.63) is 108 Å². The molecule has 1 N–H and O–H groups in total. The molecule has 1 aliphatic carbocycles. The number of esters is 1. The predicted molar refractivity (Wildman–Crippen MR) is 194 cm³/mol. The van der Waals surface area contributed by atoms with Crippen LogP contribution < -0.4 is 0 Å². The number of unbranched alkanes of at least 4 members (excludes halogenated alkanes) is 3. The molecule has 252 valence electrons. The van der Waals surface area contributed by atoms with Crippen molar-refractivity contribution in [2.75, 3.05) is 0 Å². The second-order valence-corrected chi connectivity index (χ2v) is 19.3. The van der Waals surface area contributed by atoms with Crippen molar-refractivity contribution in [1.29, 1.82) is 0 Å². The van der Waals surface area contributed by atoms with Crippen molar-refractivity contribution < 1.29 is 23.9 Å². The van der Waals surface area contributed by atoms with E-state index in [4.69, 9.17) is 14.3 Å². The van der Waals surface area contributed by atoms with Gasteiger partial charge in [-0.3, -0.25) is 4.79 Å². The van der Waals surface area contributed by atoms with E-state index in [1.807, 2.05) is 42.5 Å². The van der Waals surface area contributed by atoms with Crippen LogP contribution in [0, 0.1) is 5.92 Å². The Morgan fingerprint density at radius 1 is 0.851 bits per heavy atom. The normalized spacial score (nSPS) is 17.3. The Hall–Kier alpha value is -3.48. The Bertz CT molecular complexity index is 1440. The zero-order valence-electron chi connectivity index (χ0n) is 29.0. The molecule has 0 saturated heterocycles. The van der Waals surface area contributed by atoms with Gasteiger partial charge in [0.2, 0.25) is 0 Å². The van der Waals surface area contributed by atoms with Crippen LogP contribution in [-0.2, 0) is 20.4 Å². The zero-order valence-corrected chi connectivity index (χ0v) is 30.0. The Morgan fingerprint density at radius 3 is 2.11 bits per heavy atom. The molecule has 0 fully saturated rings. The number of carboxylic acids is 1. The lowest BCUT2D eigenvalue weighted by molar-refractivity contribution is -0.137. The van der Waals surface area contributed by atoms with Crippen LogP contribution in [0.4, 0.5) is 0 Å². The van der Waals surface area contributed by atoms with Crippen molar-refractivity contribution in [1.82, 2.24) is 0 Å². The second kappa shape index (κ2) is 17.1. The number of aliphatic carboxylic acids is 1. The van der Waals surface area contributed by atoms with Gasteiger partial charge in [0.25, 0.3) is 0 Å². The third-order valence-corrected chi connectivity index (χ3v) is 14.5. The zero-order chi connectivity index (χ0) is 33.9. The molecule has 0 spiro atoms. The lowest BCUT2D eigenvalue weighted by Crippen LogP contribution is -2.44. The standard InChI is InChI=1S/C41H54O5Si/c1-41(2,3)47(4,5)46-36(30-31-16-10-8-11-17-31)28-26-34-27-29-38(37(34)20-14-6-7-15-21-39(42)43)45-40(44)35-24-22-33(23-25-35)32-18-12-9-13-19-32/h8-13,16-19,22-25,27,36-38H,6-7,14-15,20-21,26,28-30H2,1-5H3,(H,42,43)/t36?,37-,38+/m1/s1. The lowest BCUT2D eigenvalue weighted by Gasteiger charge is -2.39. The van der Waals surface area contributed by atoms with E-state index in [1.54, 1.807) is 0 Å². The summed E-state index contributed by atoms with van der Waals surface area (Å²) in [6.07, 6.45) is 10.4. The first kappa shape index (κ1) is 36.4. The summed E-state index contributed by atoms with van der Waals surface area (Å²) < 4.78 is 13.2. The fraction of sp³-hybridized carbons (Fsp3) is 0.463. The van der Waals surface area contributed by atoms with Crippen molar-refractivity contribution >= 4 is 20.3 Å². The minimum atomic E-state index is -1.99. The number of ether oxygens (including phenoxy) is 1. The van der Waals surface area contributed by atoms with Crippen LogP contribution in [0.3, 0.4) is 0 Å². The Balaban J connectivity index is 1.44. The summed E-state index contributed by atoms with van der Waals surface area (Å²) in [5.74, 6) is -0.856. The van der Waals surface area contributed by atoms with Gasteiger partial charge in [-0.15, -0.1) is 0 Å². The van der Waals surface area contributed by atoms with Gasteiger partial charge in [-0.05, 0) is 79.1 Å². The van der Waals surface area contributed by atoms with Crippen LogP contribution in [0.15, 0.2) is 96.6 Å². The monoisotopic (exact) mass is 654 g/mol. The Kier molecular flexibility index (Phi) is 13.2.